The highest BCUT2D eigenvalue weighted by Gasteiger charge is 2.47. The molecule has 0 saturated carbocycles. The third-order valence-electron chi connectivity index (χ3n) is 4.80. The highest BCUT2D eigenvalue weighted by Crippen LogP contribution is 2.39. The predicted molar refractivity (Wildman–Crippen MR) is 112 cm³/mol. The molecule has 27 heavy (non-hydrogen) atoms. The number of aliphatic hydroxyl groups is 1. The van der Waals surface area contributed by atoms with Crippen LogP contribution in [-0.4, -0.2) is 39.0 Å². The Bertz CT molecular complexity index is 947. The summed E-state index contributed by atoms with van der Waals surface area (Å²) < 4.78 is 27.7. The van der Waals surface area contributed by atoms with Gasteiger partial charge in [0.25, 0.3) is 0 Å². The van der Waals surface area contributed by atoms with E-state index in [0.29, 0.717) is 0 Å². The van der Waals surface area contributed by atoms with Gasteiger partial charge in [-0.2, -0.15) is 4.31 Å². The van der Waals surface area contributed by atoms with E-state index in [0.717, 1.165) is 16.7 Å². The normalized spacial score (nSPS) is 23.1. The molecule has 0 spiro atoms. The molecule has 1 aliphatic rings. The fourth-order valence-electron chi connectivity index (χ4n) is 3.44. The van der Waals surface area contributed by atoms with Gasteiger partial charge >= 0.3 is 0 Å². The maximum Gasteiger partial charge on any atom is 0.243 e. The highest BCUT2D eigenvalue weighted by molar-refractivity contribution is 7.89. The zero-order valence-electron chi connectivity index (χ0n) is 16.3. The van der Waals surface area contributed by atoms with Crippen LogP contribution >= 0.6 is 0 Å². The van der Waals surface area contributed by atoms with Crippen LogP contribution in [0.4, 0.5) is 0 Å². The van der Waals surface area contributed by atoms with Crippen LogP contribution in [-0.2, 0) is 15.6 Å². The van der Waals surface area contributed by atoms with Gasteiger partial charge in [-0.1, -0.05) is 73.4 Å². The molecule has 0 aromatic heterocycles. The van der Waals surface area contributed by atoms with Gasteiger partial charge in [0, 0.05) is 6.54 Å². The van der Waals surface area contributed by atoms with Crippen LogP contribution < -0.4 is 0 Å². The van der Waals surface area contributed by atoms with Crippen molar-refractivity contribution in [3.63, 3.8) is 0 Å². The summed E-state index contributed by atoms with van der Waals surface area (Å²) in [6.07, 6.45) is 0. The SMILES string of the molecule is Cc1ccc(S(=O)(=O)N2C/C(=C\[Si](C)(C)C)C(O)(c3ccccc3)C2)cc1. The van der Waals surface area contributed by atoms with Crippen molar-refractivity contribution in [3.05, 3.63) is 77.0 Å². The topological polar surface area (TPSA) is 57.6 Å². The number of hydrogen-bond acceptors (Lipinski definition) is 3. The maximum absolute atomic E-state index is 13.2. The average Bonchev–Trinajstić information content (AvgIpc) is 2.93. The van der Waals surface area contributed by atoms with E-state index in [2.05, 4.69) is 25.3 Å². The van der Waals surface area contributed by atoms with Crippen molar-refractivity contribution < 1.29 is 13.5 Å². The van der Waals surface area contributed by atoms with Crippen LogP contribution in [0.25, 0.3) is 0 Å². The number of hydrogen-bond donors (Lipinski definition) is 1. The van der Waals surface area contributed by atoms with Gasteiger partial charge in [0.05, 0.1) is 19.5 Å². The molecule has 1 saturated heterocycles. The second-order valence-corrected chi connectivity index (χ2v) is 15.3. The van der Waals surface area contributed by atoms with E-state index in [4.69, 9.17) is 0 Å². The zero-order valence-corrected chi connectivity index (χ0v) is 18.1. The smallest absolute Gasteiger partial charge is 0.243 e. The lowest BCUT2D eigenvalue weighted by Crippen LogP contribution is -2.35. The van der Waals surface area contributed by atoms with Crippen LogP contribution in [0, 0.1) is 6.92 Å². The summed E-state index contributed by atoms with van der Waals surface area (Å²) in [5, 5.41) is 11.6. The van der Waals surface area contributed by atoms with Gasteiger partial charge in [-0.3, -0.25) is 0 Å². The Morgan fingerprint density at radius 1 is 1.04 bits per heavy atom. The lowest BCUT2D eigenvalue weighted by molar-refractivity contribution is 0.0870. The summed E-state index contributed by atoms with van der Waals surface area (Å²) in [6, 6.07) is 16.2. The van der Waals surface area contributed by atoms with Gasteiger partial charge in [0.2, 0.25) is 10.0 Å². The molecule has 0 radical (unpaired) electrons. The van der Waals surface area contributed by atoms with Gasteiger partial charge in [-0.05, 0) is 30.2 Å². The largest absolute Gasteiger partial charge is 0.379 e. The van der Waals surface area contributed by atoms with Crippen molar-refractivity contribution in [3.8, 4) is 0 Å². The Balaban J connectivity index is 2.06. The van der Waals surface area contributed by atoms with Crippen molar-refractivity contribution in [1.29, 1.82) is 0 Å². The molecule has 144 valence electrons. The third-order valence-corrected chi connectivity index (χ3v) is 7.82. The number of sulfonamides is 1. The van der Waals surface area contributed by atoms with Gasteiger partial charge in [-0.15, -0.1) is 0 Å². The van der Waals surface area contributed by atoms with Gasteiger partial charge < -0.3 is 5.11 Å². The van der Waals surface area contributed by atoms with Crippen molar-refractivity contribution in [2.45, 2.75) is 37.1 Å². The van der Waals surface area contributed by atoms with Gasteiger partial charge in [0.1, 0.15) is 5.60 Å². The molecule has 1 atom stereocenters. The molecule has 0 amide bonds. The molecule has 1 aliphatic heterocycles. The predicted octanol–water partition coefficient (Wildman–Crippen LogP) is 3.69. The number of β-amino-alcohol motifs (C(OH)–C–C–N with tert-alkyl or cyclic N) is 1. The monoisotopic (exact) mass is 401 g/mol. The molecule has 6 heteroatoms. The van der Waals surface area contributed by atoms with E-state index in [1.54, 1.807) is 24.3 Å². The van der Waals surface area contributed by atoms with E-state index >= 15 is 0 Å². The maximum atomic E-state index is 13.2. The number of rotatable bonds is 4. The van der Waals surface area contributed by atoms with Gasteiger partial charge in [0.15, 0.2) is 0 Å². The molecule has 0 aliphatic carbocycles. The summed E-state index contributed by atoms with van der Waals surface area (Å²) >= 11 is 0. The molecule has 2 aromatic rings. The minimum absolute atomic E-state index is 0.0313. The first kappa shape index (κ1) is 20.0. The molecule has 1 heterocycles. The van der Waals surface area contributed by atoms with Crippen LogP contribution in [0.1, 0.15) is 11.1 Å². The van der Waals surface area contributed by atoms with E-state index in [1.807, 2.05) is 37.3 Å². The first-order chi connectivity index (χ1) is 12.5. The summed E-state index contributed by atoms with van der Waals surface area (Å²) in [7, 11) is -5.34. The summed E-state index contributed by atoms with van der Waals surface area (Å²) in [5.41, 5.74) is 3.36. The molecule has 4 nitrogen and oxygen atoms in total. The minimum atomic E-state index is -3.68. The Labute approximate surface area is 163 Å². The van der Waals surface area contributed by atoms with E-state index < -0.39 is 23.7 Å². The fourth-order valence-corrected chi connectivity index (χ4v) is 6.26. The van der Waals surface area contributed by atoms with E-state index in [1.165, 1.54) is 4.31 Å². The van der Waals surface area contributed by atoms with E-state index in [-0.39, 0.29) is 18.0 Å². The summed E-state index contributed by atoms with van der Waals surface area (Å²) in [4.78, 5) is 0.262. The lowest BCUT2D eigenvalue weighted by atomic mass is 9.90. The Morgan fingerprint density at radius 2 is 1.63 bits per heavy atom. The van der Waals surface area contributed by atoms with Crippen molar-refractivity contribution >= 4 is 18.1 Å². The molecule has 2 aromatic carbocycles. The summed E-state index contributed by atoms with van der Waals surface area (Å²) in [6.45, 7) is 8.72. The molecule has 3 rings (SSSR count). The van der Waals surface area contributed by atoms with Crippen molar-refractivity contribution in [2.24, 2.45) is 0 Å². The lowest BCUT2D eigenvalue weighted by Gasteiger charge is -2.26. The second-order valence-electron chi connectivity index (χ2n) is 8.35. The minimum Gasteiger partial charge on any atom is -0.379 e. The first-order valence-electron chi connectivity index (χ1n) is 9.09. The molecular formula is C21H27NO3SSi. The number of nitrogens with zero attached hydrogens (tertiary/aromatic N) is 1. The molecule has 1 N–H and O–H groups in total. The van der Waals surface area contributed by atoms with Crippen molar-refractivity contribution in [1.82, 2.24) is 4.31 Å². The van der Waals surface area contributed by atoms with Crippen molar-refractivity contribution in [2.75, 3.05) is 13.1 Å². The zero-order chi connectivity index (χ0) is 19.9. The highest BCUT2D eigenvalue weighted by atomic mass is 32.2. The van der Waals surface area contributed by atoms with Gasteiger partial charge in [-0.25, -0.2) is 8.42 Å². The van der Waals surface area contributed by atoms with E-state index in [9.17, 15) is 13.5 Å². The Kier molecular flexibility index (Phi) is 5.20. The third kappa shape index (κ3) is 4.09. The average molecular weight is 402 g/mol. The first-order valence-corrected chi connectivity index (χ1v) is 14.1. The molecule has 1 unspecified atom stereocenters. The van der Waals surface area contributed by atoms with Crippen LogP contribution in [0.5, 0.6) is 0 Å². The quantitative estimate of drug-likeness (QED) is 0.795. The van der Waals surface area contributed by atoms with Crippen LogP contribution in [0.15, 0.2) is 70.8 Å². The molecule has 1 fully saturated rings. The fraction of sp³-hybridized carbons (Fsp3) is 0.333. The standard InChI is InChI=1S/C21H27NO3SSi/c1-17-10-12-20(13-11-17)26(24,25)22-14-19(15-27(2,3)4)21(23,16-22)18-8-6-5-7-9-18/h5-13,15,23H,14,16H2,1-4H3/b19-15+. The number of benzene rings is 2. The van der Waals surface area contributed by atoms with Crippen LogP contribution in [0.3, 0.4) is 0 Å². The second kappa shape index (κ2) is 7.02. The Hall–Kier alpha value is -1.73. The summed E-state index contributed by atoms with van der Waals surface area (Å²) in [5.74, 6) is 0. The Morgan fingerprint density at radius 3 is 2.19 bits per heavy atom. The number of aryl methyl sites for hydroxylation is 1. The van der Waals surface area contributed by atoms with Crippen LogP contribution in [0.2, 0.25) is 19.6 Å². The molecule has 0 bridgehead atoms. The molecular weight excluding hydrogens is 374 g/mol.